The van der Waals surface area contributed by atoms with Crippen LogP contribution in [0.4, 0.5) is 0 Å². The van der Waals surface area contributed by atoms with Crippen molar-refractivity contribution < 1.29 is 0 Å². The quantitative estimate of drug-likeness (QED) is 0.647. The number of nitrogens with zero attached hydrogens (tertiary/aromatic N) is 1. The van der Waals surface area contributed by atoms with E-state index in [4.69, 9.17) is 4.98 Å². The van der Waals surface area contributed by atoms with Gasteiger partial charge in [-0.25, -0.2) is 0 Å². The molecule has 0 N–H and O–H groups in total. The highest BCUT2D eigenvalue weighted by Crippen LogP contribution is 2.28. The van der Waals surface area contributed by atoms with Gasteiger partial charge in [-0.2, -0.15) is 0 Å². The van der Waals surface area contributed by atoms with E-state index in [1.54, 1.807) is 0 Å². The number of fused-ring (bicyclic) bond motifs is 1. The Kier molecular flexibility index (Phi) is 2.73. The summed E-state index contributed by atoms with van der Waals surface area (Å²) in [5.74, 6) is 0. The number of aromatic nitrogens is 1. The molecule has 1 heterocycles. The molecule has 0 fully saturated rings. The molecule has 2 aromatic rings. The minimum Gasteiger partial charge on any atom is -0.252 e. The van der Waals surface area contributed by atoms with Crippen LogP contribution in [0, 0.1) is 20.8 Å². The van der Waals surface area contributed by atoms with Crippen molar-refractivity contribution in [3.8, 4) is 0 Å². The van der Waals surface area contributed by atoms with E-state index >= 15 is 0 Å². The zero-order valence-electron chi connectivity index (χ0n) is 11.7. The first kappa shape index (κ1) is 12.1. The van der Waals surface area contributed by atoms with Crippen molar-refractivity contribution in [1.29, 1.82) is 0 Å². The van der Waals surface area contributed by atoms with Crippen LogP contribution in [0.3, 0.4) is 0 Å². The smallest absolute Gasteiger partial charge is 0.0739 e. The van der Waals surface area contributed by atoms with E-state index in [-0.39, 0.29) is 5.41 Å². The van der Waals surface area contributed by atoms with Crippen molar-refractivity contribution in [2.75, 3.05) is 0 Å². The molecule has 0 bridgehead atoms. The molecule has 0 radical (unpaired) electrons. The monoisotopic (exact) mass is 227 g/mol. The third kappa shape index (κ3) is 2.06. The van der Waals surface area contributed by atoms with Crippen LogP contribution in [0.1, 0.15) is 43.2 Å². The molecular weight excluding hydrogens is 206 g/mol. The standard InChI is InChI=1S/C16H21N/c1-10-7-8-13-11(2)9-14(16(4,5)6)17-15(13)12(10)3/h7-9H,1-6H3. The van der Waals surface area contributed by atoms with Gasteiger partial charge in [-0.1, -0.05) is 32.9 Å². The third-order valence-electron chi connectivity index (χ3n) is 3.48. The lowest BCUT2D eigenvalue weighted by molar-refractivity contribution is 0.571. The summed E-state index contributed by atoms with van der Waals surface area (Å²) in [5.41, 5.74) is 6.39. The first-order valence-electron chi connectivity index (χ1n) is 6.19. The number of aryl methyl sites for hydroxylation is 3. The van der Waals surface area contributed by atoms with Gasteiger partial charge in [0.25, 0.3) is 0 Å². The van der Waals surface area contributed by atoms with Crippen molar-refractivity contribution >= 4 is 10.9 Å². The fourth-order valence-corrected chi connectivity index (χ4v) is 2.08. The van der Waals surface area contributed by atoms with Crippen LogP contribution < -0.4 is 0 Å². The van der Waals surface area contributed by atoms with Gasteiger partial charge in [0.2, 0.25) is 0 Å². The Labute approximate surface area is 104 Å². The highest BCUT2D eigenvalue weighted by Gasteiger charge is 2.17. The fourth-order valence-electron chi connectivity index (χ4n) is 2.08. The summed E-state index contributed by atoms with van der Waals surface area (Å²) >= 11 is 0. The van der Waals surface area contributed by atoms with Gasteiger partial charge in [-0.3, -0.25) is 4.98 Å². The van der Waals surface area contributed by atoms with Gasteiger partial charge in [0.15, 0.2) is 0 Å². The van der Waals surface area contributed by atoms with Gasteiger partial charge in [-0.15, -0.1) is 0 Å². The van der Waals surface area contributed by atoms with E-state index in [2.05, 4.69) is 59.7 Å². The Balaban J connectivity index is 2.84. The summed E-state index contributed by atoms with van der Waals surface area (Å²) in [5, 5.41) is 1.28. The summed E-state index contributed by atoms with van der Waals surface area (Å²) in [6, 6.07) is 6.59. The summed E-state index contributed by atoms with van der Waals surface area (Å²) in [6.45, 7) is 13.1. The highest BCUT2D eigenvalue weighted by atomic mass is 14.7. The summed E-state index contributed by atoms with van der Waals surface area (Å²) in [4.78, 5) is 4.87. The second-order valence-corrected chi connectivity index (χ2v) is 5.98. The van der Waals surface area contributed by atoms with Crippen LogP contribution >= 0.6 is 0 Å². The van der Waals surface area contributed by atoms with Gasteiger partial charge < -0.3 is 0 Å². The Morgan fingerprint density at radius 3 is 2.18 bits per heavy atom. The van der Waals surface area contributed by atoms with Crippen molar-refractivity contribution in [2.24, 2.45) is 0 Å². The second kappa shape index (κ2) is 3.83. The van der Waals surface area contributed by atoms with E-state index in [0.717, 1.165) is 5.52 Å². The predicted octanol–water partition coefficient (Wildman–Crippen LogP) is 4.46. The largest absolute Gasteiger partial charge is 0.252 e. The molecule has 1 heteroatoms. The number of hydrogen-bond donors (Lipinski definition) is 0. The zero-order chi connectivity index (χ0) is 12.8. The number of benzene rings is 1. The molecule has 1 aromatic carbocycles. The SMILES string of the molecule is Cc1ccc2c(C)cc(C(C)(C)C)nc2c1C. The van der Waals surface area contributed by atoms with Crippen LogP contribution in [0.25, 0.3) is 10.9 Å². The van der Waals surface area contributed by atoms with Crippen LogP contribution in [0.2, 0.25) is 0 Å². The Bertz CT molecular complexity index is 574. The molecule has 0 atom stereocenters. The lowest BCUT2D eigenvalue weighted by Crippen LogP contribution is -2.14. The topological polar surface area (TPSA) is 12.9 Å². The molecule has 1 nitrogen and oxygen atoms in total. The van der Waals surface area contributed by atoms with Crippen molar-refractivity contribution in [3.63, 3.8) is 0 Å². The first-order valence-corrected chi connectivity index (χ1v) is 6.19. The molecule has 0 aliphatic carbocycles. The van der Waals surface area contributed by atoms with E-state index in [9.17, 15) is 0 Å². The summed E-state index contributed by atoms with van der Waals surface area (Å²) in [6.07, 6.45) is 0. The van der Waals surface area contributed by atoms with Crippen molar-refractivity contribution in [2.45, 2.75) is 47.0 Å². The zero-order valence-corrected chi connectivity index (χ0v) is 11.7. The molecule has 1 aromatic heterocycles. The number of rotatable bonds is 0. The van der Waals surface area contributed by atoms with Crippen molar-refractivity contribution in [3.05, 3.63) is 40.6 Å². The average Bonchev–Trinajstić information content (AvgIpc) is 2.22. The molecular formula is C16H21N. The number of pyridine rings is 1. The normalized spacial score (nSPS) is 12.1. The van der Waals surface area contributed by atoms with Gasteiger partial charge in [0, 0.05) is 16.5 Å². The summed E-state index contributed by atoms with van der Waals surface area (Å²) in [7, 11) is 0. The van der Waals surface area contributed by atoms with Gasteiger partial charge in [0.05, 0.1) is 5.52 Å². The molecule has 0 saturated carbocycles. The molecule has 2 rings (SSSR count). The Morgan fingerprint density at radius 1 is 0.941 bits per heavy atom. The second-order valence-electron chi connectivity index (χ2n) is 5.98. The Morgan fingerprint density at radius 2 is 1.59 bits per heavy atom. The molecule has 17 heavy (non-hydrogen) atoms. The Hall–Kier alpha value is -1.37. The van der Waals surface area contributed by atoms with Crippen LogP contribution in [-0.4, -0.2) is 4.98 Å². The van der Waals surface area contributed by atoms with Crippen molar-refractivity contribution in [1.82, 2.24) is 4.98 Å². The van der Waals surface area contributed by atoms with Crippen LogP contribution in [0.5, 0.6) is 0 Å². The third-order valence-corrected chi connectivity index (χ3v) is 3.48. The maximum Gasteiger partial charge on any atom is 0.0739 e. The van der Waals surface area contributed by atoms with Gasteiger partial charge >= 0.3 is 0 Å². The molecule has 0 aliphatic heterocycles. The van der Waals surface area contributed by atoms with E-state index < -0.39 is 0 Å². The average molecular weight is 227 g/mol. The highest BCUT2D eigenvalue weighted by molar-refractivity contribution is 5.86. The van der Waals surface area contributed by atoms with Crippen LogP contribution in [-0.2, 0) is 5.41 Å². The van der Waals surface area contributed by atoms with E-state index in [0.29, 0.717) is 0 Å². The number of hydrogen-bond acceptors (Lipinski definition) is 1. The molecule has 0 aliphatic rings. The molecule has 0 saturated heterocycles. The fraction of sp³-hybridized carbons (Fsp3) is 0.438. The van der Waals surface area contributed by atoms with Gasteiger partial charge in [-0.05, 0) is 43.5 Å². The lowest BCUT2D eigenvalue weighted by Gasteiger charge is -2.20. The van der Waals surface area contributed by atoms with Crippen LogP contribution in [0.15, 0.2) is 18.2 Å². The molecule has 0 unspecified atom stereocenters. The van der Waals surface area contributed by atoms with E-state index in [1.165, 1.54) is 27.8 Å². The van der Waals surface area contributed by atoms with E-state index in [1.807, 2.05) is 0 Å². The maximum absolute atomic E-state index is 4.87. The minimum atomic E-state index is 0.106. The first-order chi connectivity index (χ1) is 7.80. The molecule has 90 valence electrons. The lowest BCUT2D eigenvalue weighted by atomic mass is 9.89. The predicted molar refractivity (Wildman–Crippen MR) is 74.7 cm³/mol. The molecule has 0 amide bonds. The van der Waals surface area contributed by atoms with Gasteiger partial charge in [0.1, 0.15) is 0 Å². The summed E-state index contributed by atoms with van der Waals surface area (Å²) < 4.78 is 0. The minimum absolute atomic E-state index is 0.106. The maximum atomic E-state index is 4.87. The molecule has 0 spiro atoms.